The lowest BCUT2D eigenvalue weighted by Crippen LogP contribution is -2.19. The summed E-state index contributed by atoms with van der Waals surface area (Å²) < 4.78 is 0. The lowest BCUT2D eigenvalue weighted by atomic mass is 9.87. The summed E-state index contributed by atoms with van der Waals surface area (Å²) in [6.45, 7) is 0. The second-order valence-electron chi connectivity index (χ2n) is 2.65. The minimum atomic E-state index is -0.205. The van der Waals surface area contributed by atoms with E-state index in [0.29, 0.717) is 6.42 Å². The van der Waals surface area contributed by atoms with Crippen LogP contribution >= 0.6 is 0 Å². The normalized spacial score (nSPS) is 35.6. The molecule has 1 aliphatic carbocycles. The van der Waals surface area contributed by atoms with Gasteiger partial charge in [0, 0.05) is 12.0 Å². The van der Waals surface area contributed by atoms with Gasteiger partial charge in [0.2, 0.25) is 0 Å². The standard InChI is InChI=1S/C7H10N2/c8-5-6-2-1-3-7(9)4-6/h6-7H,1-4H2. The fraction of sp³-hybridized carbons (Fsp3) is 0.857. The summed E-state index contributed by atoms with van der Waals surface area (Å²) in [5, 5.41) is 8.45. The molecule has 2 radical (unpaired) electrons. The van der Waals surface area contributed by atoms with Gasteiger partial charge in [-0.2, -0.15) is 5.26 Å². The van der Waals surface area contributed by atoms with E-state index in [-0.39, 0.29) is 12.0 Å². The van der Waals surface area contributed by atoms with E-state index in [1.165, 1.54) is 0 Å². The predicted molar refractivity (Wildman–Crippen MR) is 33.5 cm³/mol. The monoisotopic (exact) mass is 122 g/mol. The van der Waals surface area contributed by atoms with E-state index in [4.69, 9.17) is 11.0 Å². The van der Waals surface area contributed by atoms with Crippen LogP contribution in [0.4, 0.5) is 0 Å². The Bertz CT molecular complexity index is 125. The summed E-state index contributed by atoms with van der Waals surface area (Å²) in [6, 6.07) is 1.97. The molecule has 2 unspecified atom stereocenters. The van der Waals surface area contributed by atoms with Crippen molar-refractivity contribution >= 4 is 0 Å². The molecule has 9 heavy (non-hydrogen) atoms. The molecule has 0 aliphatic heterocycles. The molecular weight excluding hydrogens is 112 g/mol. The molecule has 0 spiro atoms. The van der Waals surface area contributed by atoms with E-state index >= 15 is 0 Å². The maximum Gasteiger partial charge on any atom is 0.0656 e. The van der Waals surface area contributed by atoms with E-state index in [2.05, 4.69) is 6.07 Å². The van der Waals surface area contributed by atoms with Gasteiger partial charge in [-0.15, -0.1) is 5.73 Å². The summed E-state index contributed by atoms with van der Waals surface area (Å²) in [7, 11) is 0. The second-order valence-corrected chi connectivity index (χ2v) is 2.65. The van der Waals surface area contributed by atoms with Gasteiger partial charge in [0.05, 0.1) is 6.07 Å². The SMILES string of the molecule is [N]C1CCCC(C#N)C1. The molecule has 0 aromatic carbocycles. The molecule has 0 heterocycles. The van der Waals surface area contributed by atoms with E-state index in [9.17, 15) is 0 Å². The molecule has 0 aromatic rings. The van der Waals surface area contributed by atoms with Crippen LogP contribution in [0.1, 0.15) is 25.7 Å². The summed E-state index contributed by atoms with van der Waals surface area (Å²) in [5.41, 5.74) is 9.06. The van der Waals surface area contributed by atoms with Crippen molar-refractivity contribution in [1.82, 2.24) is 5.73 Å². The first-order valence-electron chi connectivity index (χ1n) is 3.40. The first kappa shape index (κ1) is 6.57. The summed E-state index contributed by atoms with van der Waals surface area (Å²) >= 11 is 0. The topological polar surface area (TPSA) is 46.1 Å². The quantitative estimate of drug-likeness (QED) is 0.475. The Morgan fingerprint density at radius 3 is 2.56 bits per heavy atom. The number of nitriles is 1. The maximum absolute atomic E-state index is 9.06. The van der Waals surface area contributed by atoms with Gasteiger partial charge in [-0.3, -0.25) is 0 Å². The zero-order chi connectivity index (χ0) is 6.69. The third-order valence-electron chi connectivity index (χ3n) is 1.83. The number of hydrogen-bond donors (Lipinski definition) is 0. The highest BCUT2D eigenvalue weighted by molar-refractivity contribution is 4.88. The van der Waals surface area contributed by atoms with Crippen LogP contribution in [-0.4, -0.2) is 6.04 Å². The van der Waals surface area contributed by atoms with Crippen molar-refractivity contribution in [3.05, 3.63) is 0 Å². The van der Waals surface area contributed by atoms with Crippen molar-refractivity contribution in [2.45, 2.75) is 31.7 Å². The minimum Gasteiger partial charge on any atom is -0.198 e. The van der Waals surface area contributed by atoms with Crippen molar-refractivity contribution in [2.75, 3.05) is 0 Å². The molecule has 1 fully saturated rings. The average molecular weight is 122 g/mol. The Kier molecular flexibility index (Phi) is 2.07. The van der Waals surface area contributed by atoms with Crippen LogP contribution in [0.2, 0.25) is 0 Å². The van der Waals surface area contributed by atoms with Gasteiger partial charge in [-0.1, -0.05) is 6.42 Å². The van der Waals surface area contributed by atoms with Gasteiger partial charge in [0.15, 0.2) is 0 Å². The molecule has 0 bridgehead atoms. The van der Waals surface area contributed by atoms with Gasteiger partial charge in [0.1, 0.15) is 0 Å². The number of rotatable bonds is 0. The zero-order valence-corrected chi connectivity index (χ0v) is 5.38. The molecule has 2 nitrogen and oxygen atoms in total. The van der Waals surface area contributed by atoms with Crippen LogP contribution in [-0.2, 0) is 0 Å². The first-order valence-corrected chi connectivity index (χ1v) is 3.40. The molecule has 1 aliphatic rings. The van der Waals surface area contributed by atoms with Crippen molar-refractivity contribution < 1.29 is 0 Å². The molecule has 48 valence electrons. The van der Waals surface area contributed by atoms with Gasteiger partial charge in [-0.25, -0.2) is 0 Å². The van der Waals surface area contributed by atoms with Gasteiger partial charge < -0.3 is 0 Å². The van der Waals surface area contributed by atoms with Crippen LogP contribution in [0, 0.1) is 17.2 Å². The Labute approximate surface area is 55.7 Å². The molecule has 1 saturated carbocycles. The van der Waals surface area contributed by atoms with Gasteiger partial charge in [0.25, 0.3) is 0 Å². The minimum absolute atomic E-state index is 0.119. The second kappa shape index (κ2) is 2.84. The third-order valence-corrected chi connectivity index (χ3v) is 1.83. The number of nitrogens with zero attached hydrogens (tertiary/aromatic N) is 2. The van der Waals surface area contributed by atoms with E-state index in [0.717, 1.165) is 19.3 Å². The molecule has 0 saturated heterocycles. The van der Waals surface area contributed by atoms with Crippen molar-refractivity contribution in [3.63, 3.8) is 0 Å². The lowest BCUT2D eigenvalue weighted by Gasteiger charge is -2.18. The zero-order valence-electron chi connectivity index (χ0n) is 5.38. The van der Waals surface area contributed by atoms with E-state index < -0.39 is 0 Å². The van der Waals surface area contributed by atoms with Gasteiger partial charge in [-0.05, 0) is 19.3 Å². The Morgan fingerprint density at radius 2 is 2.11 bits per heavy atom. The number of hydrogen-bond acceptors (Lipinski definition) is 1. The highest BCUT2D eigenvalue weighted by Crippen LogP contribution is 2.22. The molecule has 0 N–H and O–H groups in total. The van der Waals surface area contributed by atoms with Crippen LogP contribution in [0.25, 0.3) is 0 Å². The molecule has 2 atom stereocenters. The molecule has 1 rings (SSSR count). The van der Waals surface area contributed by atoms with E-state index in [1.54, 1.807) is 0 Å². The Morgan fingerprint density at radius 1 is 1.33 bits per heavy atom. The highest BCUT2D eigenvalue weighted by atomic mass is 14.6. The largest absolute Gasteiger partial charge is 0.198 e. The van der Waals surface area contributed by atoms with Gasteiger partial charge >= 0.3 is 0 Å². The smallest absolute Gasteiger partial charge is 0.0656 e. The third kappa shape index (κ3) is 1.69. The lowest BCUT2D eigenvalue weighted by molar-refractivity contribution is 0.372. The Balaban J connectivity index is 2.34. The fourth-order valence-electron chi connectivity index (χ4n) is 1.28. The average Bonchev–Trinajstić information content (AvgIpc) is 1.88. The summed E-state index contributed by atoms with van der Waals surface area (Å²) in [6.07, 6.45) is 3.57. The molecular formula is C7H10N2. The maximum atomic E-state index is 9.06. The van der Waals surface area contributed by atoms with Crippen LogP contribution in [0.15, 0.2) is 0 Å². The van der Waals surface area contributed by atoms with Crippen LogP contribution in [0.3, 0.4) is 0 Å². The molecule has 0 aromatic heterocycles. The first-order chi connectivity index (χ1) is 4.33. The van der Waals surface area contributed by atoms with Crippen molar-refractivity contribution in [1.29, 1.82) is 5.26 Å². The van der Waals surface area contributed by atoms with Crippen molar-refractivity contribution in [3.8, 4) is 6.07 Å². The highest BCUT2D eigenvalue weighted by Gasteiger charge is 2.19. The van der Waals surface area contributed by atoms with Crippen molar-refractivity contribution in [2.24, 2.45) is 5.92 Å². The summed E-state index contributed by atoms with van der Waals surface area (Å²) in [5.74, 6) is 0.119. The van der Waals surface area contributed by atoms with Crippen LogP contribution in [0.5, 0.6) is 0 Å². The predicted octanol–water partition coefficient (Wildman–Crippen LogP) is 1.14. The Hall–Kier alpha value is -0.550. The van der Waals surface area contributed by atoms with E-state index in [1.807, 2.05) is 0 Å². The summed E-state index contributed by atoms with van der Waals surface area (Å²) in [4.78, 5) is 0. The molecule has 2 heteroatoms. The molecule has 0 amide bonds. The fourth-order valence-corrected chi connectivity index (χ4v) is 1.28. The van der Waals surface area contributed by atoms with Crippen LogP contribution < -0.4 is 5.73 Å².